The summed E-state index contributed by atoms with van der Waals surface area (Å²) in [6.45, 7) is 5.17. The van der Waals surface area contributed by atoms with Gasteiger partial charge in [-0.2, -0.15) is 0 Å². The predicted octanol–water partition coefficient (Wildman–Crippen LogP) is 2.53. The molecule has 3 rings (SSSR count). The Kier molecular flexibility index (Phi) is 4.01. The van der Waals surface area contributed by atoms with Gasteiger partial charge in [0.05, 0.1) is 12.3 Å². The van der Waals surface area contributed by atoms with Gasteiger partial charge in [0.2, 0.25) is 0 Å². The normalized spacial score (nSPS) is 23.5. The lowest BCUT2D eigenvalue weighted by atomic mass is 10.1. The second kappa shape index (κ2) is 5.93. The lowest BCUT2D eigenvalue weighted by molar-refractivity contribution is -0.124. The van der Waals surface area contributed by atoms with Gasteiger partial charge in [-0.15, -0.1) is 0 Å². The smallest absolute Gasteiger partial charge is 0.253 e. The first-order chi connectivity index (χ1) is 10.2. The summed E-state index contributed by atoms with van der Waals surface area (Å²) in [4.78, 5) is 12.2. The second-order valence-corrected chi connectivity index (χ2v) is 5.51. The van der Waals surface area contributed by atoms with Gasteiger partial charge in [0.15, 0.2) is 0 Å². The van der Waals surface area contributed by atoms with Gasteiger partial charge in [-0.25, -0.2) is 0 Å². The molecule has 2 atom stereocenters. The van der Waals surface area contributed by atoms with E-state index >= 15 is 0 Å². The molecule has 0 spiro atoms. The second-order valence-electron chi connectivity index (χ2n) is 5.51. The van der Waals surface area contributed by atoms with E-state index in [9.17, 15) is 4.79 Å². The molecule has 1 saturated heterocycles. The SMILES string of the molecule is CCOc1cc2c(cc1NC(=O)[C@@H]1CCCO1)O[C@@H](C)C2. The number of hydrogen-bond donors (Lipinski definition) is 1. The highest BCUT2D eigenvalue weighted by Crippen LogP contribution is 2.38. The van der Waals surface area contributed by atoms with Crippen LogP contribution in [0, 0.1) is 0 Å². The minimum absolute atomic E-state index is 0.112. The fraction of sp³-hybridized carbons (Fsp3) is 0.562. The molecule has 0 bridgehead atoms. The Labute approximate surface area is 124 Å². The van der Waals surface area contributed by atoms with Crippen molar-refractivity contribution in [2.75, 3.05) is 18.5 Å². The molecule has 5 heteroatoms. The van der Waals surface area contributed by atoms with E-state index in [0.717, 1.165) is 30.6 Å². The molecule has 0 aliphatic carbocycles. The van der Waals surface area contributed by atoms with E-state index in [2.05, 4.69) is 5.32 Å². The van der Waals surface area contributed by atoms with Gasteiger partial charge in [0.1, 0.15) is 23.7 Å². The average Bonchev–Trinajstić information content (AvgIpc) is 3.07. The summed E-state index contributed by atoms with van der Waals surface area (Å²) in [5.74, 6) is 1.41. The maximum absolute atomic E-state index is 12.2. The molecule has 5 nitrogen and oxygen atoms in total. The predicted molar refractivity (Wildman–Crippen MR) is 79.0 cm³/mol. The molecule has 2 aliphatic rings. The van der Waals surface area contributed by atoms with Crippen LogP contribution < -0.4 is 14.8 Å². The van der Waals surface area contributed by atoms with E-state index in [1.165, 1.54) is 0 Å². The van der Waals surface area contributed by atoms with Crippen LogP contribution in [0.25, 0.3) is 0 Å². The van der Waals surface area contributed by atoms with Crippen LogP contribution in [-0.2, 0) is 16.0 Å². The number of anilines is 1. The van der Waals surface area contributed by atoms with Crippen LogP contribution in [0.1, 0.15) is 32.3 Å². The number of benzene rings is 1. The highest BCUT2D eigenvalue weighted by molar-refractivity contribution is 5.96. The first-order valence-corrected chi connectivity index (χ1v) is 7.56. The molecular formula is C16H21NO4. The van der Waals surface area contributed by atoms with Gasteiger partial charge in [-0.05, 0) is 32.8 Å². The molecule has 1 aromatic rings. The van der Waals surface area contributed by atoms with Crippen molar-refractivity contribution < 1.29 is 19.0 Å². The summed E-state index contributed by atoms with van der Waals surface area (Å²) < 4.78 is 16.8. The fourth-order valence-corrected chi connectivity index (χ4v) is 2.81. The van der Waals surface area contributed by atoms with Gasteiger partial charge in [0.25, 0.3) is 5.91 Å². The number of amides is 1. The Morgan fingerprint density at radius 2 is 2.33 bits per heavy atom. The van der Waals surface area contributed by atoms with Gasteiger partial charge in [-0.3, -0.25) is 4.79 Å². The fourth-order valence-electron chi connectivity index (χ4n) is 2.81. The molecule has 2 heterocycles. The zero-order valence-corrected chi connectivity index (χ0v) is 12.5. The summed E-state index contributed by atoms with van der Waals surface area (Å²) in [5, 5.41) is 2.91. The zero-order valence-electron chi connectivity index (χ0n) is 12.5. The summed E-state index contributed by atoms with van der Waals surface area (Å²) in [6.07, 6.45) is 2.39. The molecule has 0 unspecified atom stereocenters. The van der Waals surface area contributed by atoms with Crippen LogP contribution in [0.15, 0.2) is 12.1 Å². The van der Waals surface area contributed by atoms with Crippen LogP contribution in [-0.4, -0.2) is 31.3 Å². The molecule has 2 aliphatic heterocycles. The molecule has 1 aromatic carbocycles. The topological polar surface area (TPSA) is 56.8 Å². The van der Waals surface area contributed by atoms with Crippen molar-refractivity contribution >= 4 is 11.6 Å². The summed E-state index contributed by atoms with van der Waals surface area (Å²) in [6, 6.07) is 3.82. The van der Waals surface area contributed by atoms with Crippen molar-refractivity contribution in [3.63, 3.8) is 0 Å². The minimum Gasteiger partial charge on any atom is -0.492 e. The van der Waals surface area contributed by atoms with E-state index in [-0.39, 0.29) is 18.1 Å². The van der Waals surface area contributed by atoms with Crippen molar-refractivity contribution in [1.29, 1.82) is 0 Å². The minimum atomic E-state index is -0.354. The summed E-state index contributed by atoms with van der Waals surface area (Å²) >= 11 is 0. The quantitative estimate of drug-likeness (QED) is 0.926. The third-order valence-electron chi connectivity index (χ3n) is 3.78. The molecule has 114 valence electrons. The van der Waals surface area contributed by atoms with Crippen molar-refractivity contribution in [3.8, 4) is 11.5 Å². The lowest BCUT2D eigenvalue weighted by Crippen LogP contribution is -2.27. The van der Waals surface area contributed by atoms with Crippen molar-refractivity contribution in [2.24, 2.45) is 0 Å². The molecule has 0 aromatic heterocycles. The van der Waals surface area contributed by atoms with Crippen LogP contribution >= 0.6 is 0 Å². The molecule has 1 fully saturated rings. The Morgan fingerprint density at radius 3 is 3.05 bits per heavy atom. The van der Waals surface area contributed by atoms with Crippen LogP contribution in [0.4, 0.5) is 5.69 Å². The van der Waals surface area contributed by atoms with Gasteiger partial charge >= 0.3 is 0 Å². The highest BCUT2D eigenvalue weighted by atomic mass is 16.5. The Hall–Kier alpha value is -1.75. The van der Waals surface area contributed by atoms with Gasteiger partial charge < -0.3 is 19.5 Å². The number of rotatable bonds is 4. The van der Waals surface area contributed by atoms with Crippen LogP contribution in [0.3, 0.4) is 0 Å². The third kappa shape index (κ3) is 2.97. The number of carbonyl (C=O) groups is 1. The lowest BCUT2D eigenvalue weighted by Gasteiger charge is -2.15. The van der Waals surface area contributed by atoms with Gasteiger partial charge in [-0.1, -0.05) is 0 Å². The monoisotopic (exact) mass is 291 g/mol. The highest BCUT2D eigenvalue weighted by Gasteiger charge is 2.26. The first kappa shape index (κ1) is 14.2. The molecule has 1 amide bonds. The van der Waals surface area contributed by atoms with Crippen molar-refractivity contribution in [2.45, 2.75) is 45.3 Å². The van der Waals surface area contributed by atoms with E-state index in [0.29, 0.717) is 24.7 Å². The zero-order chi connectivity index (χ0) is 14.8. The largest absolute Gasteiger partial charge is 0.492 e. The van der Waals surface area contributed by atoms with Crippen molar-refractivity contribution in [1.82, 2.24) is 0 Å². The first-order valence-electron chi connectivity index (χ1n) is 7.56. The maximum atomic E-state index is 12.2. The molecule has 21 heavy (non-hydrogen) atoms. The van der Waals surface area contributed by atoms with Crippen LogP contribution in [0.2, 0.25) is 0 Å². The Bertz CT molecular complexity index is 537. The van der Waals surface area contributed by atoms with E-state index < -0.39 is 0 Å². The molecule has 0 saturated carbocycles. The molecule has 1 N–H and O–H groups in total. The van der Waals surface area contributed by atoms with E-state index in [4.69, 9.17) is 14.2 Å². The molecular weight excluding hydrogens is 270 g/mol. The maximum Gasteiger partial charge on any atom is 0.253 e. The van der Waals surface area contributed by atoms with E-state index in [1.54, 1.807) is 0 Å². The van der Waals surface area contributed by atoms with Gasteiger partial charge in [0, 0.05) is 24.7 Å². The summed E-state index contributed by atoms with van der Waals surface area (Å²) in [5.41, 5.74) is 1.78. The Balaban J connectivity index is 1.82. The number of carbonyl (C=O) groups excluding carboxylic acids is 1. The number of fused-ring (bicyclic) bond motifs is 1. The number of nitrogens with one attached hydrogen (secondary N) is 1. The van der Waals surface area contributed by atoms with Crippen LogP contribution in [0.5, 0.6) is 11.5 Å². The third-order valence-corrected chi connectivity index (χ3v) is 3.78. The standard InChI is InChI=1S/C16H21NO4/c1-3-19-15-8-11-7-10(2)21-14(11)9-12(15)17-16(18)13-5-4-6-20-13/h8-10,13H,3-7H2,1-2H3,(H,17,18)/t10-,13-/m0/s1. The number of ether oxygens (including phenoxy) is 3. The molecule has 0 radical (unpaired) electrons. The summed E-state index contributed by atoms with van der Waals surface area (Å²) in [7, 11) is 0. The average molecular weight is 291 g/mol. The van der Waals surface area contributed by atoms with E-state index in [1.807, 2.05) is 26.0 Å². The van der Waals surface area contributed by atoms with Crippen molar-refractivity contribution in [3.05, 3.63) is 17.7 Å². The number of hydrogen-bond acceptors (Lipinski definition) is 4. The Morgan fingerprint density at radius 1 is 1.48 bits per heavy atom.